The molecule has 1 aromatic carbocycles. The fourth-order valence-electron chi connectivity index (χ4n) is 2.27. The zero-order chi connectivity index (χ0) is 13.8. The van der Waals surface area contributed by atoms with Crippen LogP contribution in [0.25, 0.3) is 0 Å². The second kappa shape index (κ2) is 5.82. The molecule has 0 saturated carbocycles. The van der Waals surface area contributed by atoms with Gasteiger partial charge in [0.15, 0.2) is 0 Å². The maximum Gasteiger partial charge on any atom is 0.243 e. The maximum absolute atomic E-state index is 13.6. The number of carbonyl (C=O) groups excluding carboxylic acids is 2. The quantitative estimate of drug-likeness (QED) is 0.895. The van der Waals surface area contributed by atoms with Gasteiger partial charge in [0.25, 0.3) is 0 Å². The van der Waals surface area contributed by atoms with Gasteiger partial charge in [-0.25, -0.2) is 4.39 Å². The minimum Gasteiger partial charge on any atom is -0.345 e. The largest absolute Gasteiger partial charge is 0.345 e. The lowest BCUT2D eigenvalue weighted by Crippen LogP contribution is -2.57. The fraction of sp³-hybridized carbons (Fsp3) is 0.429. The summed E-state index contributed by atoms with van der Waals surface area (Å²) in [5.41, 5.74) is 0.437. The van der Waals surface area contributed by atoms with E-state index in [-0.39, 0.29) is 30.7 Å². The lowest BCUT2D eigenvalue weighted by atomic mass is 10.1. The highest BCUT2D eigenvalue weighted by atomic mass is 19.1. The number of nitrogens with one attached hydrogen (secondary N) is 1. The molecule has 0 aliphatic carbocycles. The third-order valence-electron chi connectivity index (χ3n) is 3.27. The lowest BCUT2D eigenvalue weighted by molar-refractivity contribution is -0.146. The summed E-state index contributed by atoms with van der Waals surface area (Å²) in [6.45, 7) is 2.09. The van der Waals surface area contributed by atoms with E-state index in [9.17, 15) is 14.0 Å². The molecule has 1 N–H and O–H groups in total. The van der Waals surface area contributed by atoms with E-state index in [0.29, 0.717) is 12.0 Å². The van der Waals surface area contributed by atoms with Gasteiger partial charge in [-0.15, -0.1) is 0 Å². The Labute approximate surface area is 111 Å². The van der Waals surface area contributed by atoms with E-state index in [1.54, 1.807) is 18.2 Å². The molecular formula is C14H17FN2O2. The first-order valence-corrected chi connectivity index (χ1v) is 6.44. The van der Waals surface area contributed by atoms with E-state index in [1.165, 1.54) is 11.0 Å². The van der Waals surface area contributed by atoms with Crippen LogP contribution in [0.15, 0.2) is 24.3 Å². The van der Waals surface area contributed by atoms with Crippen molar-refractivity contribution in [3.8, 4) is 0 Å². The van der Waals surface area contributed by atoms with Crippen molar-refractivity contribution in [3.05, 3.63) is 35.6 Å². The molecule has 19 heavy (non-hydrogen) atoms. The monoisotopic (exact) mass is 264 g/mol. The van der Waals surface area contributed by atoms with Crippen LogP contribution >= 0.6 is 0 Å². The second-order valence-corrected chi connectivity index (χ2v) is 4.64. The van der Waals surface area contributed by atoms with Crippen LogP contribution in [-0.4, -0.2) is 29.3 Å². The van der Waals surface area contributed by atoms with Crippen LogP contribution in [0.3, 0.4) is 0 Å². The van der Waals surface area contributed by atoms with E-state index in [2.05, 4.69) is 5.32 Å². The molecule has 1 fully saturated rings. The van der Waals surface area contributed by atoms with Gasteiger partial charge in [0.1, 0.15) is 11.9 Å². The van der Waals surface area contributed by atoms with Crippen molar-refractivity contribution in [2.24, 2.45) is 0 Å². The standard InChI is InChI=1S/C14H17FN2O2/c1-2-5-12-14(19)16-8-13(18)17(12)9-10-6-3-4-7-11(10)15/h3-4,6-7,12H,2,5,8-9H2,1H3,(H,16,19). The van der Waals surface area contributed by atoms with Gasteiger partial charge in [-0.3, -0.25) is 9.59 Å². The van der Waals surface area contributed by atoms with Crippen molar-refractivity contribution in [2.45, 2.75) is 32.4 Å². The summed E-state index contributed by atoms with van der Waals surface area (Å²) in [4.78, 5) is 25.2. The van der Waals surface area contributed by atoms with Gasteiger partial charge in [-0.1, -0.05) is 31.5 Å². The molecule has 1 unspecified atom stereocenters. The first-order chi connectivity index (χ1) is 9.13. The van der Waals surface area contributed by atoms with Gasteiger partial charge < -0.3 is 10.2 Å². The Kier molecular flexibility index (Phi) is 4.14. The zero-order valence-corrected chi connectivity index (χ0v) is 10.9. The SMILES string of the molecule is CCCC1C(=O)NCC(=O)N1Cc1ccccc1F. The van der Waals surface area contributed by atoms with Crippen LogP contribution in [0.5, 0.6) is 0 Å². The average Bonchev–Trinajstić information content (AvgIpc) is 2.40. The molecule has 2 rings (SSSR count). The van der Waals surface area contributed by atoms with E-state index < -0.39 is 6.04 Å². The molecular weight excluding hydrogens is 247 g/mol. The number of hydrogen-bond acceptors (Lipinski definition) is 2. The summed E-state index contributed by atoms with van der Waals surface area (Å²) in [5, 5.41) is 2.57. The number of rotatable bonds is 4. The minimum absolute atomic E-state index is 0.00645. The highest BCUT2D eigenvalue weighted by molar-refractivity contribution is 5.94. The van der Waals surface area contributed by atoms with Crippen molar-refractivity contribution >= 4 is 11.8 Å². The van der Waals surface area contributed by atoms with E-state index in [4.69, 9.17) is 0 Å². The average molecular weight is 264 g/mol. The molecule has 1 atom stereocenters. The third kappa shape index (κ3) is 2.92. The Balaban J connectivity index is 2.21. The first-order valence-electron chi connectivity index (χ1n) is 6.44. The summed E-state index contributed by atoms with van der Waals surface area (Å²) in [6, 6.07) is 5.83. The predicted octanol–water partition coefficient (Wildman–Crippen LogP) is 1.45. The molecule has 0 spiro atoms. The van der Waals surface area contributed by atoms with Gasteiger partial charge in [-0.05, 0) is 12.5 Å². The van der Waals surface area contributed by atoms with Gasteiger partial charge >= 0.3 is 0 Å². The Morgan fingerprint density at radius 3 is 2.79 bits per heavy atom. The van der Waals surface area contributed by atoms with Crippen molar-refractivity contribution in [1.82, 2.24) is 10.2 Å². The summed E-state index contributed by atoms with van der Waals surface area (Å²) in [7, 11) is 0. The van der Waals surface area contributed by atoms with Crippen LogP contribution in [0.1, 0.15) is 25.3 Å². The summed E-state index contributed by atoms with van der Waals surface area (Å²) in [5.74, 6) is -0.671. The molecule has 0 radical (unpaired) electrons. The fourth-order valence-corrected chi connectivity index (χ4v) is 2.27. The predicted molar refractivity (Wildman–Crippen MR) is 68.7 cm³/mol. The number of nitrogens with zero attached hydrogens (tertiary/aromatic N) is 1. The van der Waals surface area contributed by atoms with E-state index in [1.807, 2.05) is 6.92 Å². The molecule has 1 heterocycles. The van der Waals surface area contributed by atoms with Gasteiger partial charge in [-0.2, -0.15) is 0 Å². The summed E-state index contributed by atoms with van der Waals surface area (Å²) in [6.07, 6.45) is 1.38. The van der Waals surface area contributed by atoms with Crippen molar-refractivity contribution in [2.75, 3.05) is 6.54 Å². The topological polar surface area (TPSA) is 49.4 Å². The molecule has 2 amide bonds. The van der Waals surface area contributed by atoms with Crippen molar-refractivity contribution < 1.29 is 14.0 Å². The van der Waals surface area contributed by atoms with Gasteiger partial charge in [0.05, 0.1) is 6.54 Å². The molecule has 5 heteroatoms. The van der Waals surface area contributed by atoms with Crippen LogP contribution in [0.4, 0.5) is 4.39 Å². The van der Waals surface area contributed by atoms with Gasteiger partial charge in [0, 0.05) is 12.1 Å². The van der Waals surface area contributed by atoms with E-state index >= 15 is 0 Å². The van der Waals surface area contributed by atoms with Crippen LogP contribution in [0, 0.1) is 5.82 Å². The second-order valence-electron chi connectivity index (χ2n) is 4.64. The molecule has 0 aromatic heterocycles. The molecule has 1 saturated heterocycles. The first kappa shape index (κ1) is 13.5. The van der Waals surface area contributed by atoms with E-state index in [0.717, 1.165) is 6.42 Å². The van der Waals surface area contributed by atoms with Crippen molar-refractivity contribution in [3.63, 3.8) is 0 Å². The molecule has 0 bridgehead atoms. The number of carbonyl (C=O) groups is 2. The van der Waals surface area contributed by atoms with Crippen LogP contribution < -0.4 is 5.32 Å². The summed E-state index contributed by atoms with van der Waals surface area (Å²) < 4.78 is 13.6. The Morgan fingerprint density at radius 1 is 1.37 bits per heavy atom. The minimum atomic E-state index is -0.495. The third-order valence-corrected chi connectivity index (χ3v) is 3.27. The van der Waals surface area contributed by atoms with Crippen molar-refractivity contribution in [1.29, 1.82) is 0 Å². The molecule has 1 aliphatic rings. The lowest BCUT2D eigenvalue weighted by Gasteiger charge is -2.35. The highest BCUT2D eigenvalue weighted by Crippen LogP contribution is 2.17. The Bertz CT molecular complexity index is 490. The van der Waals surface area contributed by atoms with Gasteiger partial charge in [0.2, 0.25) is 11.8 Å². The smallest absolute Gasteiger partial charge is 0.243 e. The number of amides is 2. The Hall–Kier alpha value is -1.91. The molecule has 102 valence electrons. The molecule has 1 aromatic rings. The van der Waals surface area contributed by atoms with Crippen LogP contribution in [-0.2, 0) is 16.1 Å². The highest BCUT2D eigenvalue weighted by Gasteiger charge is 2.33. The number of halogens is 1. The number of hydrogen-bond donors (Lipinski definition) is 1. The molecule has 4 nitrogen and oxygen atoms in total. The maximum atomic E-state index is 13.6. The molecule has 1 aliphatic heterocycles. The number of benzene rings is 1. The Morgan fingerprint density at radius 2 is 2.11 bits per heavy atom. The zero-order valence-electron chi connectivity index (χ0n) is 10.9. The summed E-state index contributed by atoms with van der Waals surface area (Å²) >= 11 is 0. The number of piperazine rings is 1. The normalized spacial score (nSPS) is 19.5. The van der Waals surface area contributed by atoms with Crippen LogP contribution in [0.2, 0.25) is 0 Å².